The Morgan fingerprint density at radius 1 is 1.20 bits per heavy atom. The van der Waals surface area contributed by atoms with E-state index < -0.39 is 0 Å². The van der Waals surface area contributed by atoms with Crippen molar-refractivity contribution in [3.05, 3.63) is 11.4 Å². The molecule has 0 aliphatic heterocycles. The molecular weight excluding hydrogens is 252 g/mol. The molecule has 2 aliphatic rings. The Bertz CT molecular complexity index is 525. The van der Waals surface area contributed by atoms with Gasteiger partial charge < -0.3 is 4.74 Å². The van der Waals surface area contributed by atoms with E-state index in [1.165, 1.54) is 12.8 Å². The van der Waals surface area contributed by atoms with Gasteiger partial charge in [-0.2, -0.15) is 5.10 Å². The van der Waals surface area contributed by atoms with Crippen molar-refractivity contribution in [3.63, 3.8) is 0 Å². The highest BCUT2D eigenvalue weighted by Crippen LogP contribution is 2.50. The number of hydrogen-bond donors (Lipinski definition) is 0. The zero-order chi connectivity index (χ0) is 14.3. The Hall–Kier alpha value is -1.32. The van der Waals surface area contributed by atoms with Crippen LogP contribution >= 0.6 is 0 Å². The number of carbonyl (C=O) groups excluding carboxylic acids is 1. The topological polar surface area (TPSA) is 44.1 Å². The van der Waals surface area contributed by atoms with Gasteiger partial charge in [0, 0.05) is 13.5 Å². The first-order chi connectivity index (χ1) is 9.54. The molecule has 110 valence electrons. The average molecular weight is 276 g/mol. The van der Waals surface area contributed by atoms with Crippen molar-refractivity contribution in [1.29, 1.82) is 0 Å². The lowest BCUT2D eigenvalue weighted by atomic mass is 9.60. The second kappa shape index (κ2) is 4.90. The van der Waals surface area contributed by atoms with E-state index in [0.29, 0.717) is 12.2 Å². The maximum absolute atomic E-state index is 12.2. The number of carbonyl (C=O) groups is 1. The Morgan fingerprint density at radius 2 is 1.85 bits per heavy atom. The van der Waals surface area contributed by atoms with Crippen molar-refractivity contribution >= 4 is 5.78 Å². The fourth-order valence-corrected chi connectivity index (χ4v) is 3.80. The van der Waals surface area contributed by atoms with E-state index in [9.17, 15) is 4.79 Å². The minimum absolute atomic E-state index is 0.0645. The molecule has 0 bridgehead atoms. The number of nitrogens with zero attached hydrogens (tertiary/aromatic N) is 2. The summed E-state index contributed by atoms with van der Waals surface area (Å²) >= 11 is 0. The highest BCUT2D eigenvalue weighted by molar-refractivity contribution is 5.92. The van der Waals surface area contributed by atoms with Crippen LogP contribution in [0.25, 0.3) is 0 Å². The van der Waals surface area contributed by atoms with E-state index >= 15 is 0 Å². The van der Waals surface area contributed by atoms with E-state index in [4.69, 9.17) is 4.74 Å². The molecule has 1 spiro atoms. The Morgan fingerprint density at radius 3 is 2.35 bits per heavy atom. The van der Waals surface area contributed by atoms with Crippen LogP contribution in [0.4, 0.5) is 0 Å². The lowest BCUT2D eigenvalue weighted by Crippen LogP contribution is -2.56. The van der Waals surface area contributed by atoms with Gasteiger partial charge in [-0.1, -0.05) is 25.7 Å². The highest BCUT2D eigenvalue weighted by Gasteiger charge is 2.56. The van der Waals surface area contributed by atoms with Crippen molar-refractivity contribution in [2.75, 3.05) is 0 Å². The summed E-state index contributed by atoms with van der Waals surface area (Å²) in [5.41, 5.74) is 1.78. The zero-order valence-corrected chi connectivity index (χ0v) is 12.7. The van der Waals surface area contributed by atoms with Gasteiger partial charge in [-0.15, -0.1) is 0 Å². The van der Waals surface area contributed by atoms with Crippen molar-refractivity contribution in [1.82, 2.24) is 9.78 Å². The summed E-state index contributed by atoms with van der Waals surface area (Å²) in [4.78, 5) is 12.2. The summed E-state index contributed by atoms with van der Waals surface area (Å²) < 4.78 is 8.10. The quantitative estimate of drug-likeness (QED) is 0.833. The molecule has 2 aliphatic carbocycles. The van der Waals surface area contributed by atoms with Crippen LogP contribution in [0.2, 0.25) is 0 Å². The lowest BCUT2D eigenvalue weighted by molar-refractivity contribution is -0.154. The van der Waals surface area contributed by atoms with Crippen LogP contribution in [-0.4, -0.2) is 21.7 Å². The first-order valence-corrected chi connectivity index (χ1v) is 7.75. The summed E-state index contributed by atoms with van der Waals surface area (Å²) in [6, 6.07) is 0. The van der Waals surface area contributed by atoms with Gasteiger partial charge in [0.1, 0.15) is 17.6 Å². The third kappa shape index (κ3) is 1.97. The average Bonchev–Trinajstić information content (AvgIpc) is 2.66. The van der Waals surface area contributed by atoms with Crippen LogP contribution in [-0.2, 0) is 11.8 Å². The third-order valence-electron chi connectivity index (χ3n) is 5.24. The normalized spacial score (nSPS) is 25.4. The van der Waals surface area contributed by atoms with Gasteiger partial charge in [0.05, 0.1) is 11.1 Å². The maximum atomic E-state index is 12.2. The van der Waals surface area contributed by atoms with E-state index in [-0.39, 0.29) is 11.5 Å². The fourth-order valence-electron chi connectivity index (χ4n) is 3.80. The fraction of sp³-hybridized carbons (Fsp3) is 0.750. The van der Waals surface area contributed by atoms with Gasteiger partial charge >= 0.3 is 0 Å². The maximum Gasteiger partial charge on any atom is 0.163 e. The molecule has 2 fully saturated rings. The number of aromatic nitrogens is 2. The first-order valence-electron chi connectivity index (χ1n) is 7.75. The number of ether oxygens (including phenoxy) is 1. The molecule has 2 saturated carbocycles. The van der Waals surface area contributed by atoms with E-state index in [1.807, 2.05) is 25.6 Å². The Balaban J connectivity index is 1.82. The molecule has 0 amide bonds. The van der Waals surface area contributed by atoms with Crippen LogP contribution in [0.1, 0.15) is 56.3 Å². The van der Waals surface area contributed by atoms with Crippen molar-refractivity contribution in [2.45, 2.75) is 64.9 Å². The molecule has 1 aromatic heterocycles. The predicted octanol–water partition coefficient (Wildman–Crippen LogP) is 3.10. The van der Waals surface area contributed by atoms with E-state index in [1.54, 1.807) is 0 Å². The van der Waals surface area contributed by atoms with Crippen LogP contribution in [0.5, 0.6) is 5.75 Å². The zero-order valence-electron chi connectivity index (χ0n) is 12.7. The molecule has 3 rings (SSSR count). The monoisotopic (exact) mass is 276 g/mol. The SMILES string of the molecule is Cc1nn(C)c(C)c1OC1CC(=O)C12CCCCCC2. The van der Waals surface area contributed by atoms with Crippen molar-refractivity contribution < 1.29 is 9.53 Å². The van der Waals surface area contributed by atoms with Crippen LogP contribution in [0.15, 0.2) is 0 Å². The molecule has 0 N–H and O–H groups in total. The second-order valence-corrected chi connectivity index (χ2v) is 6.43. The number of hydrogen-bond acceptors (Lipinski definition) is 3. The molecule has 20 heavy (non-hydrogen) atoms. The number of ketones is 1. The number of aryl methyl sites for hydroxylation is 2. The van der Waals surface area contributed by atoms with Crippen molar-refractivity contribution in [2.24, 2.45) is 12.5 Å². The summed E-state index contributed by atoms with van der Waals surface area (Å²) in [6.07, 6.45) is 7.50. The molecular formula is C16H24N2O2. The minimum atomic E-state index is -0.189. The largest absolute Gasteiger partial charge is 0.485 e. The third-order valence-corrected chi connectivity index (χ3v) is 5.24. The molecule has 1 atom stereocenters. The smallest absolute Gasteiger partial charge is 0.163 e. The molecule has 1 aromatic rings. The van der Waals surface area contributed by atoms with Gasteiger partial charge in [0.2, 0.25) is 0 Å². The van der Waals surface area contributed by atoms with E-state index in [2.05, 4.69) is 5.10 Å². The number of rotatable bonds is 2. The van der Waals surface area contributed by atoms with Gasteiger partial charge in [-0.3, -0.25) is 9.48 Å². The van der Waals surface area contributed by atoms with Crippen LogP contribution in [0, 0.1) is 19.3 Å². The molecule has 4 nitrogen and oxygen atoms in total. The molecule has 4 heteroatoms. The lowest BCUT2D eigenvalue weighted by Gasteiger charge is -2.47. The summed E-state index contributed by atoms with van der Waals surface area (Å²) in [5.74, 6) is 1.30. The first kappa shape index (κ1) is 13.7. The Kier molecular flexibility index (Phi) is 3.35. The second-order valence-electron chi connectivity index (χ2n) is 6.43. The van der Waals surface area contributed by atoms with Gasteiger partial charge in [-0.05, 0) is 26.7 Å². The van der Waals surface area contributed by atoms with E-state index in [0.717, 1.165) is 42.8 Å². The summed E-state index contributed by atoms with van der Waals surface area (Å²) in [6.45, 7) is 4.00. The minimum Gasteiger partial charge on any atom is -0.485 e. The molecule has 1 unspecified atom stereocenters. The Labute approximate surface area is 120 Å². The molecule has 0 saturated heterocycles. The van der Waals surface area contributed by atoms with Gasteiger partial charge in [-0.25, -0.2) is 0 Å². The van der Waals surface area contributed by atoms with Crippen molar-refractivity contribution in [3.8, 4) is 5.75 Å². The van der Waals surface area contributed by atoms with Crippen LogP contribution < -0.4 is 4.74 Å². The number of Topliss-reactive ketones (excluding diaryl/α,β-unsaturated/α-hetero) is 1. The summed E-state index contributed by atoms with van der Waals surface area (Å²) in [5, 5.41) is 4.40. The standard InChI is InChI=1S/C16H24N2O2/c1-11-15(12(2)18(3)17-11)20-14-10-13(19)16(14)8-6-4-5-7-9-16/h14H,4-10H2,1-3H3. The molecule has 0 aromatic carbocycles. The van der Waals surface area contributed by atoms with Gasteiger partial charge in [0.15, 0.2) is 5.75 Å². The summed E-state index contributed by atoms with van der Waals surface area (Å²) in [7, 11) is 1.93. The molecule has 1 heterocycles. The predicted molar refractivity (Wildman–Crippen MR) is 76.9 cm³/mol. The highest BCUT2D eigenvalue weighted by atomic mass is 16.5. The van der Waals surface area contributed by atoms with Crippen LogP contribution in [0.3, 0.4) is 0 Å². The van der Waals surface area contributed by atoms with Gasteiger partial charge in [0.25, 0.3) is 0 Å². The molecule has 0 radical (unpaired) electrons.